The second kappa shape index (κ2) is 5.21. The van der Waals surface area contributed by atoms with Crippen LogP contribution >= 0.6 is 0 Å². The van der Waals surface area contributed by atoms with Gasteiger partial charge in [-0.1, -0.05) is 13.8 Å². The van der Waals surface area contributed by atoms with E-state index in [1.165, 1.54) is 12.1 Å². The van der Waals surface area contributed by atoms with Gasteiger partial charge in [-0.25, -0.2) is 9.18 Å². The predicted molar refractivity (Wildman–Crippen MR) is 68.0 cm³/mol. The zero-order chi connectivity index (χ0) is 13.1. The van der Waals surface area contributed by atoms with Crippen molar-refractivity contribution in [2.75, 3.05) is 6.61 Å². The molecule has 0 fully saturated rings. The minimum Gasteiger partial charge on any atom is -0.461 e. The molecule has 0 radical (unpaired) electrons. The summed E-state index contributed by atoms with van der Waals surface area (Å²) in [6.07, 6.45) is 0.834. The van der Waals surface area contributed by atoms with E-state index in [9.17, 15) is 9.18 Å². The smallest absolute Gasteiger partial charge is 0.354 e. The maximum atomic E-state index is 13.0. The first kappa shape index (κ1) is 12.6. The molecule has 18 heavy (non-hydrogen) atoms. The van der Waals surface area contributed by atoms with Crippen molar-refractivity contribution in [1.82, 2.24) is 4.98 Å². The van der Waals surface area contributed by atoms with Crippen LogP contribution in [0, 0.1) is 11.7 Å². The van der Waals surface area contributed by atoms with Crippen molar-refractivity contribution in [3.05, 3.63) is 35.8 Å². The summed E-state index contributed by atoms with van der Waals surface area (Å²) in [4.78, 5) is 14.7. The average molecular weight is 249 g/mol. The molecule has 1 N–H and O–H groups in total. The molecule has 0 spiro atoms. The SMILES string of the molecule is CC(C)CCOC(=O)c1cc2cc(F)ccc2[nH]1. The zero-order valence-electron chi connectivity index (χ0n) is 10.5. The van der Waals surface area contributed by atoms with Gasteiger partial charge in [0.25, 0.3) is 0 Å². The molecule has 0 saturated carbocycles. The van der Waals surface area contributed by atoms with Crippen molar-refractivity contribution in [2.24, 2.45) is 5.92 Å². The van der Waals surface area contributed by atoms with Crippen molar-refractivity contribution < 1.29 is 13.9 Å². The topological polar surface area (TPSA) is 42.1 Å². The lowest BCUT2D eigenvalue weighted by Crippen LogP contribution is -2.08. The Morgan fingerprint density at radius 3 is 2.89 bits per heavy atom. The molecule has 1 heterocycles. The lowest BCUT2D eigenvalue weighted by molar-refractivity contribution is 0.0482. The third-order valence-electron chi connectivity index (χ3n) is 2.73. The third kappa shape index (κ3) is 2.88. The molecule has 4 heteroatoms. The molecular formula is C14H16FNO2. The van der Waals surface area contributed by atoms with Crippen LogP contribution < -0.4 is 0 Å². The summed E-state index contributed by atoms with van der Waals surface area (Å²) in [7, 11) is 0. The number of esters is 1. The molecule has 0 aliphatic heterocycles. The fourth-order valence-electron chi connectivity index (χ4n) is 1.68. The van der Waals surface area contributed by atoms with Crippen LogP contribution in [0.5, 0.6) is 0 Å². The Hall–Kier alpha value is -1.84. The Labute approximate surface area is 105 Å². The van der Waals surface area contributed by atoms with Gasteiger partial charge in [-0.05, 0) is 36.6 Å². The number of aromatic nitrogens is 1. The number of nitrogens with one attached hydrogen (secondary N) is 1. The lowest BCUT2D eigenvalue weighted by Gasteiger charge is -2.05. The van der Waals surface area contributed by atoms with Crippen LogP contribution in [0.4, 0.5) is 4.39 Å². The van der Waals surface area contributed by atoms with Crippen LogP contribution in [0.25, 0.3) is 10.9 Å². The minimum atomic E-state index is -0.396. The Morgan fingerprint density at radius 1 is 1.39 bits per heavy atom. The number of carbonyl (C=O) groups excluding carboxylic acids is 1. The van der Waals surface area contributed by atoms with Gasteiger partial charge in [0.15, 0.2) is 0 Å². The highest BCUT2D eigenvalue weighted by molar-refractivity contribution is 5.94. The van der Waals surface area contributed by atoms with E-state index in [-0.39, 0.29) is 5.82 Å². The molecule has 1 aromatic carbocycles. The second-order valence-corrected chi connectivity index (χ2v) is 4.73. The van der Waals surface area contributed by atoms with E-state index < -0.39 is 5.97 Å². The number of H-pyrrole nitrogens is 1. The highest BCUT2D eigenvalue weighted by Gasteiger charge is 2.11. The van der Waals surface area contributed by atoms with Crippen LogP contribution in [0.15, 0.2) is 24.3 Å². The molecular weight excluding hydrogens is 233 g/mol. The van der Waals surface area contributed by atoms with Crippen LogP contribution in [0.2, 0.25) is 0 Å². The van der Waals surface area contributed by atoms with E-state index in [0.717, 1.165) is 11.9 Å². The van der Waals surface area contributed by atoms with Gasteiger partial charge in [-0.3, -0.25) is 0 Å². The number of hydrogen-bond donors (Lipinski definition) is 1. The van der Waals surface area contributed by atoms with Gasteiger partial charge in [-0.2, -0.15) is 0 Å². The summed E-state index contributed by atoms with van der Waals surface area (Å²) >= 11 is 0. The molecule has 96 valence electrons. The Bertz CT molecular complexity index is 560. The Morgan fingerprint density at radius 2 is 2.17 bits per heavy atom. The number of halogens is 1. The van der Waals surface area contributed by atoms with E-state index in [4.69, 9.17) is 4.74 Å². The number of ether oxygens (including phenoxy) is 1. The van der Waals surface area contributed by atoms with Crippen LogP contribution in [0.3, 0.4) is 0 Å². The average Bonchev–Trinajstić information content (AvgIpc) is 2.71. The van der Waals surface area contributed by atoms with E-state index in [2.05, 4.69) is 18.8 Å². The van der Waals surface area contributed by atoms with Crippen LogP contribution in [-0.2, 0) is 4.74 Å². The Kier molecular flexibility index (Phi) is 3.65. The third-order valence-corrected chi connectivity index (χ3v) is 2.73. The number of hydrogen-bond acceptors (Lipinski definition) is 2. The van der Waals surface area contributed by atoms with Gasteiger partial charge in [0.2, 0.25) is 0 Å². The summed E-state index contributed by atoms with van der Waals surface area (Å²) in [6.45, 7) is 4.54. The van der Waals surface area contributed by atoms with Gasteiger partial charge < -0.3 is 9.72 Å². The normalized spacial score (nSPS) is 11.1. The summed E-state index contributed by atoms with van der Waals surface area (Å²) in [5.41, 5.74) is 1.09. The van der Waals surface area contributed by atoms with Crippen molar-refractivity contribution in [3.8, 4) is 0 Å². The first-order valence-corrected chi connectivity index (χ1v) is 6.01. The van der Waals surface area contributed by atoms with Gasteiger partial charge >= 0.3 is 5.97 Å². The number of fused-ring (bicyclic) bond motifs is 1. The highest BCUT2D eigenvalue weighted by atomic mass is 19.1. The monoisotopic (exact) mass is 249 g/mol. The molecule has 3 nitrogen and oxygen atoms in total. The molecule has 0 amide bonds. The highest BCUT2D eigenvalue weighted by Crippen LogP contribution is 2.17. The summed E-state index contributed by atoms with van der Waals surface area (Å²) in [5.74, 6) is -0.219. The summed E-state index contributed by atoms with van der Waals surface area (Å²) in [5, 5.41) is 0.672. The van der Waals surface area contributed by atoms with E-state index in [1.54, 1.807) is 12.1 Å². The number of carbonyl (C=O) groups is 1. The lowest BCUT2D eigenvalue weighted by atomic mass is 10.1. The van der Waals surface area contributed by atoms with E-state index >= 15 is 0 Å². The first-order valence-electron chi connectivity index (χ1n) is 6.01. The number of rotatable bonds is 4. The fourth-order valence-corrected chi connectivity index (χ4v) is 1.68. The first-order chi connectivity index (χ1) is 8.56. The standard InChI is InChI=1S/C14H16FNO2/c1-9(2)5-6-18-14(17)13-8-10-7-11(15)3-4-12(10)16-13/h3-4,7-9,16H,5-6H2,1-2H3. The maximum Gasteiger partial charge on any atom is 0.354 e. The van der Waals surface area contributed by atoms with E-state index in [1.807, 2.05) is 0 Å². The van der Waals surface area contributed by atoms with Gasteiger partial charge in [0, 0.05) is 10.9 Å². The van der Waals surface area contributed by atoms with Crippen molar-refractivity contribution in [1.29, 1.82) is 0 Å². The summed E-state index contributed by atoms with van der Waals surface area (Å²) < 4.78 is 18.1. The molecule has 0 aliphatic rings. The maximum absolute atomic E-state index is 13.0. The van der Waals surface area contributed by atoms with Crippen LogP contribution in [-0.4, -0.2) is 17.6 Å². The molecule has 1 aromatic heterocycles. The van der Waals surface area contributed by atoms with Crippen molar-refractivity contribution in [3.63, 3.8) is 0 Å². The van der Waals surface area contributed by atoms with E-state index in [0.29, 0.717) is 23.6 Å². The van der Waals surface area contributed by atoms with Crippen LogP contribution in [0.1, 0.15) is 30.8 Å². The molecule has 2 rings (SSSR count). The number of benzene rings is 1. The zero-order valence-corrected chi connectivity index (χ0v) is 10.5. The summed E-state index contributed by atoms with van der Waals surface area (Å²) in [6, 6.07) is 5.95. The molecule has 0 bridgehead atoms. The fraction of sp³-hybridized carbons (Fsp3) is 0.357. The largest absolute Gasteiger partial charge is 0.461 e. The van der Waals surface area contributed by atoms with Crippen molar-refractivity contribution in [2.45, 2.75) is 20.3 Å². The second-order valence-electron chi connectivity index (χ2n) is 4.73. The van der Waals surface area contributed by atoms with Gasteiger partial charge in [0.05, 0.1) is 6.61 Å². The quantitative estimate of drug-likeness (QED) is 0.842. The molecule has 0 atom stereocenters. The Balaban J connectivity index is 2.08. The number of aromatic amines is 1. The molecule has 0 saturated heterocycles. The van der Waals surface area contributed by atoms with Gasteiger partial charge in [-0.15, -0.1) is 0 Å². The molecule has 0 unspecified atom stereocenters. The van der Waals surface area contributed by atoms with Gasteiger partial charge in [0.1, 0.15) is 11.5 Å². The molecule has 2 aromatic rings. The predicted octanol–water partition coefficient (Wildman–Crippen LogP) is 3.51. The minimum absolute atomic E-state index is 0.318. The molecule has 0 aliphatic carbocycles. The van der Waals surface area contributed by atoms with Crippen molar-refractivity contribution >= 4 is 16.9 Å².